The molecule has 5 nitrogen and oxygen atoms in total. The molecule has 1 aliphatic carbocycles. The van der Waals surface area contributed by atoms with Crippen LogP contribution in [0.5, 0.6) is 5.75 Å². The number of nitrogens with one attached hydrogen (secondary N) is 2. The van der Waals surface area contributed by atoms with Gasteiger partial charge < -0.3 is 20.2 Å². The van der Waals surface area contributed by atoms with Crippen LogP contribution < -0.4 is 15.1 Å². The number of nitrogens with zero attached hydrogens (tertiary/aromatic N) is 1. The Labute approximate surface area is 154 Å². The smallest absolute Gasteiger partial charge is 0.283 e. The molecule has 2 aromatic rings. The van der Waals surface area contributed by atoms with Crippen molar-refractivity contribution in [2.75, 3.05) is 31.1 Å². The number of aromatic hydroxyl groups is 1. The number of anilines is 1. The van der Waals surface area contributed by atoms with Crippen molar-refractivity contribution >= 4 is 11.6 Å². The molecule has 2 fully saturated rings. The van der Waals surface area contributed by atoms with Gasteiger partial charge in [0.05, 0.1) is 31.9 Å². The van der Waals surface area contributed by atoms with E-state index in [4.69, 9.17) is 0 Å². The summed E-state index contributed by atoms with van der Waals surface area (Å²) in [5.74, 6) is 0.465. The lowest BCUT2D eigenvalue weighted by atomic mass is 10.0. The van der Waals surface area contributed by atoms with Gasteiger partial charge in [0.15, 0.2) is 6.04 Å². The summed E-state index contributed by atoms with van der Waals surface area (Å²) in [4.78, 5) is 16.4. The summed E-state index contributed by atoms with van der Waals surface area (Å²) >= 11 is 0. The summed E-state index contributed by atoms with van der Waals surface area (Å²) in [6.45, 7) is 3.39. The monoisotopic (exact) mass is 352 g/mol. The Morgan fingerprint density at radius 1 is 1.04 bits per heavy atom. The number of amides is 1. The predicted molar refractivity (Wildman–Crippen MR) is 101 cm³/mol. The first-order valence-corrected chi connectivity index (χ1v) is 9.45. The molecule has 26 heavy (non-hydrogen) atoms. The van der Waals surface area contributed by atoms with E-state index in [1.54, 1.807) is 6.07 Å². The summed E-state index contributed by atoms with van der Waals surface area (Å²) in [7, 11) is 0. The Hall–Kier alpha value is -2.53. The molecule has 4 rings (SSSR count). The lowest BCUT2D eigenvalue weighted by Crippen LogP contribution is -3.16. The van der Waals surface area contributed by atoms with Crippen LogP contribution in [0.4, 0.5) is 5.69 Å². The van der Waals surface area contributed by atoms with Crippen molar-refractivity contribution in [2.24, 2.45) is 0 Å². The number of quaternary nitrogens is 1. The van der Waals surface area contributed by atoms with E-state index in [-0.39, 0.29) is 11.9 Å². The highest BCUT2D eigenvalue weighted by Gasteiger charge is 2.36. The number of hydrogen-bond donors (Lipinski definition) is 3. The largest absolute Gasteiger partial charge is 0.506 e. The first kappa shape index (κ1) is 16.9. The minimum Gasteiger partial charge on any atom is -0.506 e. The maximum atomic E-state index is 12.9. The molecule has 1 saturated heterocycles. The van der Waals surface area contributed by atoms with Crippen molar-refractivity contribution in [3.05, 3.63) is 60.2 Å². The van der Waals surface area contributed by atoms with Crippen molar-refractivity contribution < 1.29 is 14.8 Å². The number of phenols is 1. The van der Waals surface area contributed by atoms with Gasteiger partial charge in [0.25, 0.3) is 5.91 Å². The second-order valence-electron chi connectivity index (χ2n) is 7.26. The molecule has 5 heteroatoms. The molecule has 1 saturated carbocycles. The van der Waals surface area contributed by atoms with Crippen LogP contribution in [0.1, 0.15) is 24.4 Å². The zero-order valence-electron chi connectivity index (χ0n) is 14.9. The Morgan fingerprint density at radius 3 is 2.35 bits per heavy atom. The van der Waals surface area contributed by atoms with Crippen LogP contribution >= 0.6 is 0 Å². The highest BCUT2D eigenvalue weighted by molar-refractivity contribution is 5.82. The first-order chi connectivity index (χ1) is 12.7. The molecule has 2 aromatic carbocycles. The third kappa shape index (κ3) is 3.68. The molecule has 0 bridgehead atoms. The number of carbonyl (C=O) groups is 1. The van der Waals surface area contributed by atoms with Gasteiger partial charge in [-0.05, 0) is 25.0 Å². The number of hydrogen-bond acceptors (Lipinski definition) is 3. The van der Waals surface area contributed by atoms with Gasteiger partial charge >= 0.3 is 0 Å². The Morgan fingerprint density at radius 2 is 1.69 bits per heavy atom. The van der Waals surface area contributed by atoms with Gasteiger partial charge in [-0.1, -0.05) is 42.5 Å². The highest BCUT2D eigenvalue weighted by Crippen LogP contribution is 2.26. The Balaban J connectivity index is 1.49. The topological polar surface area (TPSA) is 57.0 Å². The van der Waals surface area contributed by atoms with Crippen molar-refractivity contribution in [1.29, 1.82) is 0 Å². The predicted octanol–water partition coefficient (Wildman–Crippen LogP) is 1.12. The lowest BCUT2D eigenvalue weighted by molar-refractivity contribution is -0.922. The molecule has 136 valence electrons. The SMILES string of the molecule is O=C(NC1CC1)[C@H](c1ccccc1)[NH+]1CCN(c2ccccc2O)CC1. The first-order valence-electron chi connectivity index (χ1n) is 9.45. The van der Waals surface area contributed by atoms with Gasteiger partial charge in [0, 0.05) is 11.6 Å². The van der Waals surface area contributed by atoms with Gasteiger partial charge in [0.1, 0.15) is 5.75 Å². The highest BCUT2D eigenvalue weighted by atomic mass is 16.3. The molecule has 0 aromatic heterocycles. The van der Waals surface area contributed by atoms with E-state index in [0.717, 1.165) is 50.3 Å². The standard InChI is InChI=1S/C21H25N3O2/c25-19-9-5-4-8-18(19)23-12-14-24(15-13-23)20(16-6-2-1-3-7-16)21(26)22-17-10-11-17/h1-9,17,20,25H,10-15H2,(H,22,26)/p+1/t20-/m0/s1. The Kier molecular flexibility index (Phi) is 4.80. The summed E-state index contributed by atoms with van der Waals surface area (Å²) in [6.07, 6.45) is 2.20. The number of rotatable bonds is 5. The van der Waals surface area contributed by atoms with E-state index in [9.17, 15) is 9.90 Å². The van der Waals surface area contributed by atoms with E-state index >= 15 is 0 Å². The van der Waals surface area contributed by atoms with Gasteiger partial charge in [-0.15, -0.1) is 0 Å². The quantitative estimate of drug-likeness (QED) is 0.756. The second-order valence-corrected chi connectivity index (χ2v) is 7.26. The molecular formula is C21H26N3O2+. The fourth-order valence-corrected chi connectivity index (χ4v) is 3.79. The van der Waals surface area contributed by atoms with E-state index < -0.39 is 0 Å². The molecule has 1 atom stereocenters. The van der Waals surface area contributed by atoms with Crippen LogP contribution in [0.15, 0.2) is 54.6 Å². The average Bonchev–Trinajstić information content (AvgIpc) is 3.48. The molecule has 1 amide bonds. The van der Waals surface area contributed by atoms with E-state index in [2.05, 4.69) is 22.3 Å². The molecule has 3 N–H and O–H groups in total. The fourth-order valence-electron chi connectivity index (χ4n) is 3.79. The average molecular weight is 352 g/mol. The molecular weight excluding hydrogens is 326 g/mol. The summed E-state index contributed by atoms with van der Waals surface area (Å²) in [5, 5.41) is 13.3. The third-order valence-electron chi connectivity index (χ3n) is 5.36. The summed E-state index contributed by atoms with van der Waals surface area (Å²) in [6, 6.07) is 17.8. The van der Waals surface area contributed by atoms with Crippen LogP contribution in [0, 0.1) is 0 Å². The molecule has 0 unspecified atom stereocenters. The van der Waals surface area contributed by atoms with Crippen molar-refractivity contribution in [3.8, 4) is 5.75 Å². The zero-order valence-corrected chi connectivity index (χ0v) is 14.9. The minimum absolute atomic E-state index is 0.143. The maximum Gasteiger partial charge on any atom is 0.283 e. The molecule has 1 heterocycles. The molecule has 2 aliphatic rings. The van der Waals surface area contributed by atoms with Gasteiger partial charge in [-0.3, -0.25) is 4.79 Å². The zero-order chi connectivity index (χ0) is 17.9. The van der Waals surface area contributed by atoms with Crippen LogP contribution in [0.3, 0.4) is 0 Å². The summed E-state index contributed by atoms with van der Waals surface area (Å²) < 4.78 is 0. The van der Waals surface area contributed by atoms with Crippen LogP contribution in [0.25, 0.3) is 0 Å². The Bertz CT molecular complexity index is 753. The van der Waals surface area contributed by atoms with Crippen LogP contribution in [-0.2, 0) is 4.79 Å². The number of carbonyl (C=O) groups excluding carboxylic acids is 1. The molecule has 0 spiro atoms. The van der Waals surface area contributed by atoms with E-state index in [1.165, 1.54) is 4.90 Å². The molecule has 0 radical (unpaired) electrons. The third-order valence-corrected chi connectivity index (χ3v) is 5.36. The second kappa shape index (κ2) is 7.38. The fraction of sp³-hybridized carbons (Fsp3) is 0.381. The molecule has 1 aliphatic heterocycles. The van der Waals surface area contributed by atoms with E-state index in [0.29, 0.717) is 11.8 Å². The van der Waals surface area contributed by atoms with Gasteiger partial charge in [0.2, 0.25) is 0 Å². The van der Waals surface area contributed by atoms with Crippen molar-refractivity contribution in [3.63, 3.8) is 0 Å². The lowest BCUT2D eigenvalue weighted by Gasteiger charge is -2.37. The number of piperazine rings is 1. The number of benzene rings is 2. The minimum atomic E-state index is -0.164. The van der Waals surface area contributed by atoms with Gasteiger partial charge in [-0.25, -0.2) is 0 Å². The number of phenolic OH excluding ortho intramolecular Hbond substituents is 1. The van der Waals surface area contributed by atoms with Crippen LogP contribution in [0.2, 0.25) is 0 Å². The summed E-state index contributed by atoms with van der Waals surface area (Å²) in [5.41, 5.74) is 1.96. The van der Waals surface area contributed by atoms with Crippen LogP contribution in [-0.4, -0.2) is 43.2 Å². The van der Waals surface area contributed by atoms with Crippen molar-refractivity contribution in [2.45, 2.75) is 24.9 Å². The number of para-hydroxylation sites is 2. The van der Waals surface area contributed by atoms with E-state index in [1.807, 2.05) is 36.4 Å². The maximum absolute atomic E-state index is 12.9. The van der Waals surface area contributed by atoms with Gasteiger partial charge in [-0.2, -0.15) is 0 Å². The normalized spacial score (nSPS) is 19.2. The van der Waals surface area contributed by atoms with Crippen molar-refractivity contribution in [1.82, 2.24) is 5.32 Å².